The molecule has 0 saturated heterocycles. The lowest BCUT2D eigenvalue weighted by atomic mass is 9.96. The van der Waals surface area contributed by atoms with Gasteiger partial charge in [-0.1, -0.05) is 103 Å². The van der Waals surface area contributed by atoms with E-state index in [2.05, 4.69) is 98.5 Å². The first kappa shape index (κ1) is 24.5. The van der Waals surface area contributed by atoms with Crippen molar-refractivity contribution in [2.75, 3.05) is 0 Å². The van der Waals surface area contributed by atoms with E-state index in [0.717, 1.165) is 46.9 Å². The molecule has 0 amide bonds. The SMILES string of the molecule is CCc1cc(-c2ccc(C)cc2)cc(F)c1C#Cc1ccc2cc(CCc3ccc(C)cc3)ccc2c1. The number of halogens is 1. The highest BCUT2D eigenvalue weighted by atomic mass is 19.1. The van der Waals surface area contributed by atoms with Crippen LogP contribution in [0.1, 0.15) is 45.9 Å². The molecule has 0 aromatic heterocycles. The summed E-state index contributed by atoms with van der Waals surface area (Å²) in [5.41, 5.74) is 9.40. The summed E-state index contributed by atoms with van der Waals surface area (Å²) >= 11 is 0. The van der Waals surface area contributed by atoms with E-state index in [1.165, 1.54) is 27.6 Å². The van der Waals surface area contributed by atoms with Crippen LogP contribution < -0.4 is 0 Å². The van der Waals surface area contributed by atoms with E-state index in [-0.39, 0.29) is 5.82 Å². The summed E-state index contributed by atoms with van der Waals surface area (Å²) < 4.78 is 15.2. The molecule has 37 heavy (non-hydrogen) atoms. The number of hydrogen-bond donors (Lipinski definition) is 0. The Bertz CT molecular complexity index is 1610. The lowest BCUT2D eigenvalue weighted by Crippen LogP contribution is -1.95. The molecule has 0 spiro atoms. The number of aryl methyl sites for hydroxylation is 5. The van der Waals surface area contributed by atoms with Crippen molar-refractivity contribution in [3.63, 3.8) is 0 Å². The summed E-state index contributed by atoms with van der Waals surface area (Å²) in [6.07, 6.45) is 2.77. The van der Waals surface area contributed by atoms with E-state index in [4.69, 9.17) is 0 Å². The maximum Gasteiger partial charge on any atom is 0.139 e. The summed E-state index contributed by atoms with van der Waals surface area (Å²) in [4.78, 5) is 0. The summed E-state index contributed by atoms with van der Waals surface area (Å²) in [6, 6.07) is 33.5. The molecular weight excluding hydrogens is 451 g/mol. The zero-order chi connectivity index (χ0) is 25.8. The summed E-state index contributed by atoms with van der Waals surface area (Å²) in [7, 11) is 0. The van der Waals surface area contributed by atoms with Crippen molar-refractivity contribution < 1.29 is 4.39 Å². The summed E-state index contributed by atoms with van der Waals surface area (Å²) in [6.45, 7) is 6.22. The van der Waals surface area contributed by atoms with Crippen LogP contribution >= 0.6 is 0 Å². The Balaban J connectivity index is 1.36. The van der Waals surface area contributed by atoms with Gasteiger partial charge in [0.05, 0.1) is 5.56 Å². The van der Waals surface area contributed by atoms with Crippen LogP contribution in [-0.2, 0) is 19.3 Å². The van der Waals surface area contributed by atoms with Gasteiger partial charge in [-0.05, 0) is 96.0 Å². The quantitative estimate of drug-likeness (QED) is 0.219. The number of fused-ring (bicyclic) bond motifs is 1. The van der Waals surface area contributed by atoms with Crippen molar-refractivity contribution in [1.82, 2.24) is 0 Å². The van der Waals surface area contributed by atoms with Crippen LogP contribution in [0.25, 0.3) is 21.9 Å². The van der Waals surface area contributed by atoms with E-state index in [1.54, 1.807) is 6.07 Å². The minimum Gasteiger partial charge on any atom is -0.206 e. The normalized spacial score (nSPS) is 10.8. The van der Waals surface area contributed by atoms with Gasteiger partial charge in [-0.2, -0.15) is 0 Å². The van der Waals surface area contributed by atoms with Gasteiger partial charge in [0.25, 0.3) is 0 Å². The first-order chi connectivity index (χ1) is 18.0. The molecule has 5 rings (SSSR count). The lowest BCUT2D eigenvalue weighted by molar-refractivity contribution is 0.622. The third kappa shape index (κ3) is 5.82. The second-order valence-electron chi connectivity index (χ2n) is 9.84. The predicted octanol–water partition coefficient (Wildman–Crippen LogP) is 9.01. The summed E-state index contributed by atoms with van der Waals surface area (Å²) in [5, 5.41) is 2.35. The van der Waals surface area contributed by atoms with Gasteiger partial charge in [-0.25, -0.2) is 4.39 Å². The number of rotatable bonds is 5. The molecule has 5 aromatic carbocycles. The minimum atomic E-state index is -0.263. The molecule has 0 N–H and O–H groups in total. The Morgan fingerprint density at radius 1 is 0.595 bits per heavy atom. The molecule has 0 saturated carbocycles. The topological polar surface area (TPSA) is 0 Å². The molecule has 0 heterocycles. The van der Waals surface area contributed by atoms with Crippen molar-refractivity contribution in [3.05, 3.63) is 142 Å². The van der Waals surface area contributed by atoms with Crippen LogP contribution in [0.2, 0.25) is 0 Å². The van der Waals surface area contributed by atoms with E-state index < -0.39 is 0 Å². The fraction of sp³-hybridized carbons (Fsp3) is 0.167. The van der Waals surface area contributed by atoms with Crippen molar-refractivity contribution in [2.24, 2.45) is 0 Å². The highest BCUT2D eigenvalue weighted by molar-refractivity contribution is 5.84. The Kier molecular flexibility index (Phi) is 7.20. The zero-order valence-corrected chi connectivity index (χ0v) is 21.7. The average molecular weight is 483 g/mol. The van der Waals surface area contributed by atoms with Gasteiger partial charge in [0.2, 0.25) is 0 Å². The van der Waals surface area contributed by atoms with Gasteiger partial charge >= 0.3 is 0 Å². The second-order valence-corrected chi connectivity index (χ2v) is 9.84. The summed E-state index contributed by atoms with van der Waals surface area (Å²) in [5.74, 6) is 6.08. The molecule has 0 radical (unpaired) electrons. The zero-order valence-electron chi connectivity index (χ0n) is 21.7. The average Bonchev–Trinajstić information content (AvgIpc) is 2.92. The molecular formula is C36H31F. The van der Waals surface area contributed by atoms with Gasteiger partial charge in [0, 0.05) is 5.56 Å². The molecule has 0 aliphatic heterocycles. The van der Waals surface area contributed by atoms with Crippen LogP contribution in [0.5, 0.6) is 0 Å². The highest BCUT2D eigenvalue weighted by Gasteiger charge is 2.10. The van der Waals surface area contributed by atoms with Gasteiger partial charge in [0.1, 0.15) is 5.82 Å². The van der Waals surface area contributed by atoms with Crippen LogP contribution in [0.3, 0.4) is 0 Å². The molecule has 0 unspecified atom stereocenters. The third-order valence-corrected chi connectivity index (χ3v) is 7.00. The van der Waals surface area contributed by atoms with Gasteiger partial charge in [-0.15, -0.1) is 0 Å². The fourth-order valence-electron chi connectivity index (χ4n) is 4.70. The van der Waals surface area contributed by atoms with Crippen molar-refractivity contribution in [1.29, 1.82) is 0 Å². The smallest absolute Gasteiger partial charge is 0.139 e. The Labute approximate surface area is 219 Å². The lowest BCUT2D eigenvalue weighted by Gasteiger charge is -2.09. The van der Waals surface area contributed by atoms with Crippen LogP contribution in [-0.4, -0.2) is 0 Å². The minimum absolute atomic E-state index is 0.263. The standard InChI is InChI=1S/C36H31F/c1-4-30-23-34(31-16-7-26(3)8-17-31)24-36(37)35(30)20-15-29-14-19-32-21-28(13-18-33(32)22-29)12-11-27-9-5-25(2)6-10-27/h5-10,13-14,16-19,21-24H,4,11-12H2,1-3H3. The van der Waals surface area contributed by atoms with Gasteiger partial charge in [-0.3, -0.25) is 0 Å². The van der Waals surface area contributed by atoms with E-state index in [0.29, 0.717) is 5.56 Å². The van der Waals surface area contributed by atoms with Crippen LogP contribution in [0.4, 0.5) is 4.39 Å². The number of benzene rings is 5. The molecule has 0 fully saturated rings. The molecule has 182 valence electrons. The van der Waals surface area contributed by atoms with Crippen LogP contribution in [0.15, 0.2) is 97.1 Å². The van der Waals surface area contributed by atoms with Crippen molar-refractivity contribution in [2.45, 2.75) is 40.0 Å². The third-order valence-electron chi connectivity index (χ3n) is 7.00. The second kappa shape index (κ2) is 10.9. The number of hydrogen-bond acceptors (Lipinski definition) is 0. The molecule has 5 aromatic rings. The molecule has 1 heteroatoms. The largest absolute Gasteiger partial charge is 0.206 e. The first-order valence-corrected chi connectivity index (χ1v) is 13.0. The van der Waals surface area contributed by atoms with E-state index in [9.17, 15) is 0 Å². The molecule has 0 aliphatic rings. The van der Waals surface area contributed by atoms with Gasteiger partial charge in [0.15, 0.2) is 0 Å². The van der Waals surface area contributed by atoms with Crippen LogP contribution in [0, 0.1) is 31.5 Å². The maximum atomic E-state index is 15.2. The molecule has 0 nitrogen and oxygen atoms in total. The van der Waals surface area contributed by atoms with E-state index in [1.807, 2.05) is 25.1 Å². The van der Waals surface area contributed by atoms with E-state index >= 15 is 4.39 Å². The highest BCUT2D eigenvalue weighted by Crippen LogP contribution is 2.26. The van der Waals surface area contributed by atoms with Gasteiger partial charge < -0.3 is 0 Å². The first-order valence-electron chi connectivity index (χ1n) is 13.0. The Morgan fingerprint density at radius 2 is 1.22 bits per heavy atom. The predicted molar refractivity (Wildman–Crippen MR) is 154 cm³/mol. The van der Waals surface area contributed by atoms with Crippen molar-refractivity contribution in [3.8, 4) is 23.0 Å². The maximum absolute atomic E-state index is 15.2. The fourth-order valence-corrected chi connectivity index (χ4v) is 4.70. The molecule has 0 aliphatic carbocycles. The monoisotopic (exact) mass is 482 g/mol. The Hall–Kier alpha value is -4.15. The Morgan fingerprint density at radius 3 is 1.95 bits per heavy atom. The van der Waals surface area contributed by atoms with Crippen molar-refractivity contribution >= 4 is 10.8 Å². The molecule has 0 bridgehead atoms. The molecule has 0 atom stereocenters.